The number of hydrogen-bond donors (Lipinski definition) is 1. The highest BCUT2D eigenvalue weighted by molar-refractivity contribution is 6.36. The Bertz CT molecular complexity index is 618. The van der Waals surface area contributed by atoms with Crippen LogP contribution in [0, 0.1) is 13.8 Å². The Balaban J connectivity index is 2.94. The first-order valence-electron chi connectivity index (χ1n) is 6.80. The summed E-state index contributed by atoms with van der Waals surface area (Å²) in [5.74, 6) is 0.419. The van der Waals surface area contributed by atoms with Crippen LogP contribution in [0.2, 0.25) is 5.02 Å². The van der Waals surface area contributed by atoms with Crippen LogP contribution in [0.25, 0.3) is 10.9 Å². The molecule has 0 atom stereocenters. The number of hydrogen-bond acceptors (Lipinski definition) is 2. The van der Waals surface area contributed by atoms with E-state index in [0.29, 0.717) is 5.92 Å². The third-order valence-corrected chi connectivity index (χ3v) is 3.76. The monoisotopic (exact) mass is 276 g/mol. The van der Waals surface area contributed by atoms with Crippen LogP contribution in [0.5, 0.6) is 0 Å². The van der Waals surface area contributed by atoms with Crippen molar-refractivity contribution in [3.8, 4) is 0 Å². The number of anilines is 1. The van der Waals surface area contributed by atoms with Crippen LogP contribution in [0.1, 0.15) is 43.5 Å². The van der Waals surface area contributed by atoms with Crippen LogP contribution in [0.3, 0.4) is 0 Å². The van der Waals surface area contributed by atoms with Crippen LogP contribution < -0.4 is 5.32 Å². The third kappa shape index (κ3) is 2.42. The van der Waals surface area contributed by atoms with Crippen molar-refractivity contribution in [2.45, 2.75) is 40.5 Å². The lowest BCUT2D eigenvalue weighted by molar-refractivity contribution is 0.847. The maximum absolute atomic E-state index is 6.42. The van der Waals surface area contributed by atoms with E-state index in [1.165, 1.54) is 5.56 Å². The molecule has 0 bridgehead atoms. The molecule has 1 aromatic heterocycles. The Kier molecular flexibility index (Phi) is 4.00. The summed E-state index contributed by atoms with van der Waals surface area (Å²) in [5, 5.41) is 5.31. The molecule has 2 nitrogen and oxygen atoms in total. The van der Waals surface area contributed by atoms with E-state index in [-0.39, 0.29) is 0 Å². The minimum atomic E-state index is 0.419. The van der Waals surface area contributed by atoms with Gasteiger partial charge in [0.05, 0.1) is 16.2 Å². The van der Waals surface area contributed by atoms with Gasteiger partial charge in [0.1, 0.15) is 0 Å². The lowest BCUT2D eigenvalue weighted by Crippen LogP contribution is -2.07. The van der Waals surface area contributed by atoms with Crippen molar-refractivity contribution in [2.75, 3.05) is 11.9 Å². The Morgan fingerprint density at radius 1 is 1.26 bits per heavy atom. The number of aromatic nitrogens is 1. The Morgan fingerprint density at radius 3 is 2.53 bits per heavy atom. The molecule has 0 spiro atoms. The smallest absolute Gasteiger partial charge is 0.0770 e. The van der Waals surface area contributed by atoms with Gasteiger partial charge in [0, 0.05) is 17.6 Å². The topological polar surface area (TPSA) is 24.9 Å². The first-order valence-corrected chi connectivity index (χ1v) is 7.18. The van der Waals surface area contributed by atoms with Gasteiger partial charge in [0.25, 0.3) is 0 Å². The number of nitrogens with one attached hydrogen (secondary N) is 1. The van der Waals surface area contributed by atoms with Crippen molar-refractivity contribution in [2.24, 2.45) is 0 Å². The van der Waals surface area contributed by atoms with Crippen LogP contribution in [0.4, 0.5) is 5.69 Å². The van der Waals surface area contributed by atoms with Gasteiger partial charge in [0.2, 0.25) is 0 Å². The molecule has 19 heavy (non-hydrogen) atoms. The molecule has 2 rings (SSSR count). The van der Waals surface area contributed by atoms with Crippen molar-refractivity contribution in [3.05, 3.63) is 34.0 Å². The van der Waals surface area contributed by atoms with Crippen LogP contribution in [-0.4, -0.2) is 11.5 Å². The molecular weight excluding hydrogens is 256 g/mol. The summed E-state index contributed by atoms with van der Waals surface area (Å²) >= 11 is 6.42. The molecule has 0 unspecified atom stereocenters. The molecule has 0 saturated heterocycles. The van der Waals surface area contributed by atoms with Gasteiger partial charge in [-0.2, -0.15) is 0 Å². The number of fused-ring (bicyclic) bond motifs is 1. The van der Waals surface area contributed by atoms with Gasteiger partial charge in [-0.25, -0.2) is 0 Å². The predicted molar refractivity (Wildman–Crippen MR) is 84.5 cm³/mol. The lowest BCUT2D eigenvalue weighted by Gasteiger charge is -2.20. The molecule has 0 fully saturated rings. The third-order valence-electron chi connectivity index (χ3n) is 3.45. The molecule has 0 aliphatic heterocycles. The Morgan fingerprint density at radius 2 is 1.95 bits per heavy atom. The summed E-state index contributed by atoms with van der Waals surface area (Å²) in [4.78, 5) is 4.78. The second-order valence-electron chi connectivity index (χ2n) is 5.26. The van der Waals surface area contributed by atoms with Crippen molar-refractivity contribution in [1.29, 1.82) is 0 Å². The SMILES string of the molecule is CCNc1c(C(C)C)c(C)nc2c(C)ccc(Cl)c12. The maximum atomic E-state index is 6.42. The standard InChI is InChI=1S/C16H21ClN2/c1-6-18-16-13(9(2)3)11(5)19-15-10(4)7-8-12(17)14(15)16/h7-9H,6H2,1-5H3,(H,18,19). The van der Waals surface area contributed by atoms with Gasteiger partial charge in [-0.1, -0.05) is 31.5 Å². The summed E-state index contributed by atoms with van der Waals surface area (Å²) in [6.07, 6.45) is 0. The van der Waals surface area contributed by atoms with E-state index in [1.54, 1.807) is 0 Å². The molecule has 0 saturated carbocycles. The normalized spacial score (nSPS) is 11.3. The predicted octanol–water partition coefficient (Wildman–Crippen LogP) is 5.06. The fraction of sp³-hybridized carbons (Fsp3) is 0.438. The zero-order valence-electron chi connectivity index (χ0n) is 12.3. The Labute approximate surface area is 120 Å². The van der Waals surface area contributed by atoms with E-state index < -0.39 is 0 Å². The molecule has 1 aromatic carbocycles. The average molecular weight is 277 g/mol. The number of halogens is 1. The van der Waals surface area contributed by atoms with Crippen molar-refractivity contribution < 1.29 is 0 Å². The van der Waals surface area contributed by atoms with E-state index in [4.69, 9.17) is 16.6 Å². The summed E-state index contributed by atoms with van der Waals surface area (Å²) < 4.78 is 0. The van der Waals surface area contributed by atoms with Gasteiger partial charge < -0.3 is 5.32 Å². The Hall–Kier alpha value is -1.28. The van der Waals surface area contributed by atoms with Gasteiger partial charge >= 0.3 is 0 Å². The first-order chi connectivity index (χ1) is 8.97. The molecule has 2 aromatic rings. The van der Waals surface area contributed by atoms with E-state index in [2.05, 4.69) is 39.9 Å². The molecule has 102 valence electrons. The van der Waals surface area contributed by atoms with Crippen LogP contribution in [0.15, 0.2) is 12.1 Å². The summed E-state index contributed by atoms with van der Waals surface area (Å²) in [6, 6.07) is 3.99. The molecule has 3 heteroatoms. The molecule has 1 N–H and O–H groups in total. The average Bonchev–Trinajstić information content (AvgIpc) is 2.33. The lowest BCUT2D eigenvalue weighted by atomic mass is 9.95. The molecule has 0 radical (unpaired) electrons. The fourth-order valence-corrected chi connectivity index (χ4v) is 2.91. The summed E-state index contributed by atoms with van der Waals surface area (Å²) in [6.45, 7) is 11.5. The van der Waals surface area contributed by atoms with Gasteiger partial charge in [-0.05, 0) is 43.9 Å². The summed E-state index contributed by atoms with van der Waals surface area (Å²) in [5.41, 5.74) is 5.67. The van der Waals surface area contributed by atoms with Crippen molar-refractivity contribution in [3.63, 3.8) is 0 Å². The van der Waals surface area contributed by atoms with Gasteiger partial charge in [-0.3, -0.25) is 4.98 Å². The fourth-order valence-electron chi connectivity index (χ4n) is 2.66. The molecule has 0 aliphatic rings. The second kappa shape index (κ2) is 5.38. The van der Waals surface area contributed by atoms with E-state index in [0.717, 1.165) is 39.4 Å². The zero-order chi connectivity index (χ0) is 14.2. The second-order valence-corrected chi connectivity index (χ2v) is 5.67. The van der Waals surface area contributed by atoms with E-state index >= 15 is 0 Å². The van der Waals surface area contributed by atoms with Crippen molar-refractivity contribution in [1.82, 2.24) is 4.98 Å². The largest absolute Gasteiger partial charge is 0.384 e. The van der Waals surface area contributed by atoms with E-state index in [1.807, 2.05) is 12.1 Å². The quantitative estimate of drug-likeness (QED) is 0.847. The highest BCUT2D eigenvalue weighted by Gasteiger charge is 2.17. The number of nitrogens with zero attached hydrogens (tertiary/aromatic N) is 1. The van der Waals surface area contributed by atoms with E-state index in [9.17, 15) is 0 Å². The van der Waals surface area contributed by atoms with Crippen LogP contribution >= 0.6 is 11.6 Å². The minimum absolute atomic E-state index is 0.419. The molecule has 0 amide bonds. The minimum Gasteiger partial charge on any atom is -0.384 e. The van der Waals surface area contributed by atoms with Crippen molar-refractivity contribution >= 4 is 28.2 Å². The molecule has 1 heterocycles. The summed E-state index contributed by atoms with van der Waals surface area (Å²) in [7, 11) is 0. The number of benzene rings is 1. The van der Waals surface area contributed by atoms with Gasteiger partial charge in [0.15, 0.2) is 0 Å². The molecule has 0 aliphatic carbocycles. The zero-order valence-corrected chi connectivity index (χ0v) is 13.0. The number of pyridine rings is 1. The number of aryl methyl sites for hydroxylation is 2. The number of rotatable bonds is 3. The highest BCUT2D eigenvalue weighted by atomic mass is 35.5. The van der Waals surface area contributed by atoms with Crippen LogP contribution in [-0.2, 0) is 0 Å². The first kappa shape index (κ1) is 14.1. The molecular formula is C16H21ClN2. The highest BCUT2D eigenvalue weighted by Crippen LogP contribution is 2.38. The maximum Gasteiger partial charge on any atom is 0.0770 e. The van der Waals surface area contributed by atoms with Gasteiger partial charge in [-0.15, -0.1) is 0 Å².